The van der Waals surface area contributed by atoms with Crippen molar-refractivity contribution < 1.29 is 28.5 Å². The first kappa shape index (κ1) is 21.0. The molecule has 0 radical (unpaired) electrons. The molecule has 0 spiro atoms. The lowest BCUT2D eigenvalue weighted by molar-refractivity contribution is -0.115. The lowest BCUT2D eigenvalue weighted by Gasteiger charge is -2.11. The third-order valence-electron chi connectivity index (χ3n) is 3.73. The van der Waals surface area contributed by atoms with E-state index in [0.717, 1.165) is 0 Å². The Hall–Kier alpha value is -3.26. The molecule has 28 heavy (non-hydrogen) atoms. The second-order valence-electron chi connectivity index (χ2n) is 5.67. The predicted molar refractivity (Wildman–Crippen MR) is 104 cm³/mol. The van der Waals surface area contributed by atoms with Gasteiger partial charge in [0.05, 0.1) is 27.4 Å². The predicted octanol–water partition coefficient (Wildman–Crippen LogP) is 2.10. The van der Waals surface area contributed by atoms with Crippen molar-refractivity contribution in [1.29, 1.82) is 0 Å². The first-order valence-corrected chi connectivity index (χ1v) is 8.59. The summed E-state index contributed by atoms with van der Waals surface area (Å²) in [6.45, 7) is 0.704. The van der Waals surface area contributed by atoms with E-state index in [1.165, 1.54) is 14.2 Å². The Morgan fingerprint density at radius 1 is 0.929 bits per heavy atom. The van der Waals surface area contributed by atoms with E-state index in [-0.39, 0.29) is 12.5 Å². The molecule has 8 nitrogen and oxygen atoms in total. The second kappa shape index (κ2) is 10.8. The van der Waals surface area contributed by atoms with Gasteiger partial charge >= 0.3 is 0 Å². The summed E-state index contributed by atoms with van der Waals surface area (Å²) < 4.78 is 20.7. The van der Waals surface area contributed by atoms with Gasteiger partial charge in [0, 0.05) is 24.4 Å². The molecular weight excluding hydrogens is 364 g/mol. The van der Waals surface area contributed by atoms with Crippen LogP contribution in [0.25, 0.3) is 0 Å². The van der Waals surface area contributed by atoms with Crippen molar-refractivity contribution >= 4 is 17.5 Å². The highest BCUT2D eigenvalue weighted by Gasteiger charge is 2.12. The number of nitrogens with one attached hydrogen (secondary N) is 2. The summed E-state index contributed by atoms with van der Waals surface area (Å²) in [6, 6.07) is 11.7. The van der Waals surface area contributed by atoms with Crippen LogP contribution in [-0.2, 0) is 9.53 Å². The number of rotatable bonds is 10. The largest absolute Gasteiger partial charge is 0.493 e. The minimum Gasteiger partial charge on any atom is -0.493 e. The smallest absolute Gasteiger partial charge is 0.251 e. The molecule has 0 aliphatic rings. The molecule has 0 atom stereocenters. The number of carbonyl (C=O) groups excluding carboxylic acids is 2. The average Bonchev–Trinajstić information content (AvgIpc) is 2.72. The molecule has 0 saturated heterocycles. The maximum atomic E-state index is 12.3. The molecule has 0 saturated carbocycles. The molecule has 2 aromatic carbocycles. The Morgan fingerprint density at radius 2 is 1.71 bits per heavy atom. The summed E-state index contributed by atoms with van der Waals surface area (Å²) in [7, 11) is 4.59. The zero-order valence-electron chi connectivity index (χ0n) is 16.1. The molecule has 0 aromatic heterocycles. The van der Waals surface area contributed by atoms with Crippen molar-refractivity contribution in [3.63, 3.8) is 0 Å². The van der Waals surface area contributed by atoms with Crippen molar-refractivity contribution in [2.75, 3.05) is 46.4 Å². The van der Waals surface area contributed by atoms with E-state index in [1.807, 2.05) is 0 Å². The highest BCUT2D eigenvalue weighted by Crippen LogP contribution is 2.27. The minimum absolute atomic E-state index is 0.179. The first-order valence-electron chi connectivity index (χ1n) is 8.59. The molecule has 2 rings (SSSR count). The highest BCUT2D eigenvalue weighted by atomic mass is 16.5. The average molecular weight is 388 g/mol. The molecule has 2 N–H and O–H groups in total. The van der Waals surface area contributed by atoms with Gasteiger partial charge in [0.2, 0.25) is 5.91 Å². The summed E-state index contributed by atoms with van der Waals surface area (Å²) in [5.74, 6) is 0.814. The third-order valence-corrected chi connectivity index (χ3v) is 3.73. The summed E-state index contributed by atoms with van der Waals surface area (Å²) >= 11 is 0. The van der Waals surface area contributed by atoms with E-state index < -0.39 is 5.91 Å². The molecule has 0 bridgehead atoms. The van der Waals surface area contributed by atoms with Gasteiger partial charge in [-0.25, -0.2) is 0 Å². The lowest BCUT2D eigenvalue weighted by atomic mass is 10.2. The van der Waals surface area contributed by atoms with Gasteiger partial charge < -0.3 is 29.6 Å². The van der Waals surface area contributed by atoms with Crippen LogP contribution >= 0.6 is 0 Å². The van der Waals surface area contributed by atoms with Crippen LogP contribution in [-0.4, -0.2) is 52.9 Å². The molecule has 2 aromatic rings. The molecule has 2 amide bonds. The molecule has 0 heterocycles. The molecular formula is C20H24N2O6. The zero-order chi connectivity index (χ0) is 20.4. The maximum Gasteiger partial charge on any atom is 0.251 e. The van der Waals surface area contributed by atoms with Gasteiger partial charge in [0.1, 0.15) is 12.4 Å². The van der Waals surface area contributed by atoms with Gasteiger partial charge in [-0.1, -0.05) is 6.07 Å². The summed E-state index contributed by atoms with van der Waals surface area (Å²) in [5, 5.41) is 5.28. The SMILES string of the molecule is COCCOc1cccc(NC(=O)CNC(=O)c2ccc(OC)c(OC)c2)c1. The number of methoxy groups -OCH3 is 3. The van der Waals surface area contributed by atoms with Gasteiger partial charge in [0.15, 0.2) is 11.5 Å². The van der Waals surface area contributed by atoms with Gasteiger partial charge in [0.25, 0.3) is 5.91 Å². The second-order valence-corrected chi connectivity index (χ2v) is 5.67. The Balaban J connectivity index is 1.88. The Labute approximate surface area is 163 Å². The van der Waals surface area contributed by atoms with Crippen LogP contribution in [0.15, 0.2) is 42.5 Å². The van der Waals surface area contributed by atoms with Crippen LogP contribution in [0.4, 0.5) is 5.69 Å². The van der Waals surface area contributed by atoms with Gasteiger partial charge in [-0.15, -0.1) is 0 Å². The lowest BCUT2D eigenvalue weighted by Crippen LogP contribution is -2.32. The Morgan fingerprint density at radius 3 is 2.43 bits per heavy atom. The molecule has 0 aliphatic carbocycles. The van der Waals surface area contributed by atoms with Crippen molar-refractivity contribution in [1.82, 2.24) is 5.32 Å². The van der Waals surface area contributed by atoms with Crippen molar-refractivity contribution in [3.05, 3.63) is 48.0 Å². The van der Waals surface area contributed by atoms with Crippen molar-refractivity contribution in [3.8, 4) is 17.2 Å². The van der Waals surface area contributed by atoms with Gasteiger partial charge in [-0.2, -0.15) is 0 Å². The number of ether oxygens (including phenoxy) is 4. The number of carbonyl (C=O) groups is 2. The molecule has 0 aliphatic heterocycles. The van der Waals surface area contributed by atoms with Crippen LogP contribution in [0.5, 0.6) is 17.2 Å². The van der Waals surface area contributed by atoms with Gasteiger partial charge in [-0.3, -0.25) is 9.59 Å². The van der Waals surface area contributed by atoms with E-state index in [1.54, 1.807) is 49.6 Å². The third kappa shape index (κ3) is 6.17. The van der Waals surface area contributed by atoms with E-state index in [4.69, 9.17) is 18.9 Å². The quantitative estimate of drug-likeness (QED) is 0.605. The summed E-state index contributed by atoms with van der Waals surface area (Å²) in [4.78, 5) is 24.4. The van der Waals surface area contributed by atoms with Crippen molar-refractivity contribution in [2.24, 2.45) is 0 Å². The minimum atomic E-state index is -0.396. The van der Waals surface area contributed by atoms with E-state index >= 15 is 0 Å². The van der Waals surface area contributed by atoms with E-state index in [0.29, 0.717) is 41.7 Å². The van der Waals surface area contributed by atoms with E-state index in [9.17, 15) is 9.59 Å². The normalized spacial score (nSPS) is 10.1. The summed E-state index contributed by atoms with van der Waals surface area (Å²) in [5.41, 5.74) is 0.930. The molecule has 150 valence electrons. The Kier molecular flexibility index (Phi) is 8.11. The molecule has 0 fully saturated rings. The Bertz CT molecular complexity index is 809. The maximum absolute atomic E-state index is 12.3. The molecule has 0 unspecified atom stereocenters. The van der Waals surface area contributed by atoms with Crippen LogP contribution < -0.4 is 24.8 Å². The number of hydrogen-bond acceptors (Lipinski definition) is 6. The number of hydrogen-bond donors (Lipinski definition) is 2. The highest BCUT2D eigenvalue weighted by molar-refractivity contribution is 5.99. The van der Waals surface area contributed by atoms with Crippen LogP contribution in [0.2, 0.25) is 0 Å². The van der Waals surface area contributed by atoms with Crippen LogP contribution in [0.3, 0.4) is 0 Å². The zero-order valence-corrected chi connectivity index (χ0v) is 16.1. The monoisotopic (exact) mass is 388 g/mol. The standard InChI is InChI=1S/C20H24N2O6/c1-25-9-10-28-16-6-4-5-15(12-16)22-19(23)13-21-20(24)14-7-8-17(26-2)18(11-14)27-3/h4-8,11-12H,9-10,13H2,1-3H3,(H,21,24)(H,22,23). The van der Waals surface area contributed by atoms with Gasteiger partial charge in [-0.05, 0) is 30.3 Å². The van der Waals surface area contributed by atoms with E-state index in [2.05, 4.69) is 10.6 Å². The fourth-order valence-electron chi connectivity index (χ4n) is 2.35. The van der Waals surface area contributed by atoms with Crippen LogP contribution in [0.1, 0.15) is 10.4 Å². The fraction of sp³-hybridized carbons (Fsp3) is 0.300. The van der Waals surface area contributed by atoms with Crippen LogP contribution in [0, 0.1) is 0 Å². The first-order chi connectivity index (χ1) is 13.6. The number of benzene rings is 2. The molecule has 8 heteroatoms. The number of anilines is 1. The fourth-order valence-corrected chi connectivity index (χ4v) is 2.35. The summed E-state index contributed by atoms with van der Waals surface area (Å²) in [6.07, 6.45) is 0. The van der Waals surface area contributed by atoms with Crippen molar-refractivity contribution in [2.45, 2.75) is 0 Å². The number of amides is 2. The topological polar surface area (TPSA) is 95.1 Å².